The van der Waals surface area contributed by atoms with Gasteiger partial charge >= 0.3 is 5.97 Å². The van der Waals surface area contributed by atoms with Gasteiger partial charge in [0, 0.05) is 11.9 Å². The molecule has 5 nitrogen and oxygen atoms in total. The minimum absolute atomic E-state index is 0.259. The number of benzene rings is 1. The molecule has 1 heterocycles. The number of hydrogen-bond donors (Lipinski definition) is 2. The minimum Gasteiger partial charge on any atom is -0.480 e. The molecule has 2 N–H and O–H groups in total. The molecule has 0 saturated carbocycles. The van der Waals surface area contributed by atoms with Gasteiger partial charge in [0.1, 0.15) is 10.9 Å². The maximum Gasteiger partial charge on any atom is 0.323 e. The van der Waals surface area contributed by atoms with E-state index in [-0.39, 0.29) is 10.2 Å². The van der Waals surface area contributed by atoms with Crippen LogP contribution in [-0.4, -0.2) is 32.7 Å². The highest BCUT2D eigenvalue weighted by molar-refractivity contribution is 8.26. The molecule has 0 unspecified atom stereocenters. The molecule has 7 heteroatoms. The largest absolute Gasteiger partial charge is 0.480 e. The Balaban J connectivity index is 2.10. The van der Waals surface area contributed by atoms with E-state index in [2.05, 4.69) is 5.32 Å². The Kier molecular flexibility index (Phi) is 4.41. The summed E-state index contributed by atoms with van der Waals surface area (Å²) in [6.07, 6.45) is 1.55. The summed E-state index contributed by atoms with van der Waals surface area (Å²) in [7, 11) is 0. The molecule has 1 aliphatic rings. The van der Waals surface area contributed by atoms with Crippen LogP contribution in [0.2, 0.25) is 0 Å². The zero-order valence-corrected chi connectivity index (χ0v) is 12.3. The molecule has 0 radical (unpaired) electrons. The third-order valence-electron chi connectivity index (χ3n) is 2.55. The van der Waals surface area contributed by atoms with Crippen molar-refractivity contribution < 1.29 is 14.7 Å². The molecule has 1 aromatic carbocycles. The number of rotatable bonds is 4. The first-order valence-corrected chi connectivity index (χ1v) is 6.98. The molecule has 0 bridgehead atoms. The van der Waals surface area contributed by atoms with Gasteiger partial charge in [-0.05, 0) is 24.6 Å². The predicted octanol–water partition coefficient (Wildman–Crippen LogP) is 2.19. The summed E-state index contributed by atoms with van der Waals surface area (Å²) in [5, 5.41) is 11.8. The molecule has 20 heavy (non-hydrogen) atoms. The zero-order valence-electron chi connectivity index (χ0n) is 10.6. The maximum absolute atomic E-state index is 12.0. The molecule has 2 rings (SSSR count). The highest BCUT2D eigenvalue weighted by Crippen LogP contribution is 2.30. The fourth-order valence-corrected chi connectivity index (χ4v) is 2.83. The first-order chi connectivity index (χ1) is 9.47. The van der Waals surface area contributed by atoms with Crippen LogP contribution in [0.5, 0.6) is 0 Å². The lowest BCUT2D eigenvalue weighted by molar-refractivity contribution is -0.140. The highest BCUT2D eigenvalue weighted by Gasteiger charge is 2.33. The number of aryl methyl sites for hydroxylation is 1. The van der Waals surface area contributed by atoms with Crippen LogP contribution >= 0.6 is 24.0 Å². The van der Waals surface area contributed by atoms with Gasteiger partial charge in [0.25, 0.3) is 5.91 Å². The topological polar surface area (TPSA) is 69.6 Å². The maximum atomic E-state index is 12.0. The van der Waals surface area contributed by atoms with Crippen molar-refractivity contribution in [1.29, 1.82) is 0 Å². The number of hydrogen-bond acceptors (Lipinski definition) is 5. The summed E-state index contributed by atoms with van der Waals surface area (Å²) in [5.74, 6) is -1.48. The number of aliphatic carboxylic acids is 1. The lowest BCUT2D eigenvalue weighted by Gasteiger charge is -2.10. The molecule has 0 spiro atoms. The number of nitrogens with zero attached hydrogens (tertiary/aromatic N) is 1. The van der Waals surface area contributed by atoms with Crippen LogP contribution in [0, 0.1) is 6.92 Å². The van der Waals surface area contributed by atoms with Crippen molar-refractivity contribution >= 4 is 45.9 Å². The van der Waals surface area contributed by atoms with Crippen molar-refractivity contribution in [2.75, 3.05) is 11.9 Å². The van der Waals surface area contributed by atoms with Gasteiger partial charge in [-0.2, -0.15) is 0 Å². The number of thiocarbonyl (C=S) groups is 1. The first-order valence-electron chi connectivity index (χ1n) is 5.76. The molecule has 1 saturated heterocycles. The lowest BCUT2D eigenvalue weighted by Crippen LogP contribution is -2.33. The average Bonchev–Trinajstić information content (AvgIpc) is 2.64. The number of anilines is 1. The number of carboxylic acids is 1. The minimum atomic E-state index is -1.09. The van der Waals surface area contributed by atoms with Gasteiger partial charge in [-0.1, -0.05) is 36.1 Å². The molecular weight excluding hydrogens is 296 g/mol. The van der Waals surface area contributed by atoms with Crippen LogP contribution in [0.15, 0.2) is 35.4 Å². The fourth-order valence-electron chi connectivity index (χ4n) is 1.66. The van der Waals surface area contributed by atoms with E-state index >= 15 is 0 Å². The van der Waals surface area contributed by atoms with E-state index in [0.29, 0.717) is 4.91 Å². The van der Waals surface area contributed by atoms with E-state index < -0.39 is 12.5 Å². The molecule has 104 valence electrons. The van der Waals surface area contributed by atoms with Gasteiger partial charge in [-0.25, -0.2) is 0 Å². The van der Waals surface area contributed by atoms with Crippen molar-refractivity contribution in [3.8, 4) is 0 Å². The van der Waals surface area contributed by atoms with Crippen molar-refractivity contribution in [2.24, 2.45) is 0 Å². The van der Waals surface area contributed by atoms with Crippen molar-refractivity contribution in [2.45, 2.75) is 6.92 Å². The van der Waals surface area contributed by atoms with E-state index in [4.69, 9.17) is 17.3 Å². The number of carbonyl (C=O) groups excluding carboxylic acids is 1. The Labute approximate surface area is 125 Å². The van der Waals surface area contributed by atoms with Gasteiger partial charge in [0.15, 0.2) is 0 Å². The Morgan fingerprint density at radius 3 is 2.95 bits per heavy atom. The Morgan fingerprint density at radius 1 is 1.55 bits per heavy atom. The van der Waals surface area contributed by atoms with Crippen LogP contribution in [0.4, 0.5) is 5.69 Å². The number of nitrogens with one attached hydrogen (secondary N) is 1. The average molecular weight is 308 g/mol. The van der Waals surface area contributed by atoms with E-state index in [1.165, 1.54) is 0 Å². The molecule has 1 aromatic rings. The first kappa shape index (κ1) is 14.5. The number of carbonyl (C=O) groups is 2. The monoisotopic (exact) mass is 308 g/mol. The van der Waals surface area contributed by atoms with E-state index in [1.54, 1.807) is 6.20 Å². The molecule has 1 fully saturated rings. The smallest absolute Gasteiger partial charge is 0.323 e. The van der Waals surface area contributed by atoms with Crippen LogP contribution in [-0.2, 0) is 9.59 Å². The predicted molar refractivity (Wildman–Crippen MR) is 82.4 cm³/mol. The lowest BCUT2D eigenvalue weighted by atomic mass is 10.2. The Morgan fingerprint density at radius 2 is 2.30 bits per heavy atom. The summed E-state index contributed by atoms with van der Waals surface area (Å²) in [6.45, 7) is 1.56. The zero-order chi connectivity index (χ0) is 14.7. The summed E-state index contributed by atoms with van der Waals surface area (Å²) in [6, 6.07) is 7.69. The number of amides is 1. The SMILES string of the molecule is Cc1cccc(NC=C2SC(=S)N(CC(=O)O)C2=O)c1. The van der Waals surface area contributed by atoms with E-state index in [9.17, 15) is 9.59 Å². The van der Waals surface area contributed by atoms with Crippen molar-refractivity contribution in [1.82, 2.24) is 4.90 Å². The quantitative estimate of drug-likeness (QED) is 0.656. The van der Waals surface area contributed by atoms with Crippen LogP contribution in [0.1, 0.15) is 5.56 Å². The molecule has 0 aromatic heterocycles. The fraction of sp³-hybridized carbons (Fsp3) is 0.154. The van der Waals surface area contributed by atoms with Gasteiger partial charge in [0.2, 0.25) is 0 Å². The second-order valence-electron chi connectivity index (χ2n) is 4.18. The second-order valence-corrected chi connectivity index (χ2v) is 5.85. The number of carboxylic acid groups (broad SMARTS) is 1. The van der Waals surface area contributed by atoms with Gasteiger partial charge in [-0.15, -0.1) is 0 Å². The summed E-state index contributed by atoms with van der Waals surface area (Å²) < 4.78 is 0.259. The Bertz CT molecular complexity index is 613. The van der Waals surface area contributed by atoms with Gasteiger partial charge in [-0.3, -0.25) is 14.5 Å². The van der Waals surface area contributed by atoms with Crippen LogP contribution in [0.25, 0.3) is 0 Å². The number of thioether (sulfide) groups is 1. The highest BCUT2D eigenvalue weighted by atomic mass is 32.2. The van der Waals surface area contributed by atoms with E-state index in [0.717, 1.165) is 27.9 Å². The van der Waals surface area contributed by atoms with Crippen molar-refractivity contribution in [3.05, 3.63) is 40.9 Å². The molecule has 1 amide bonds. The molecule has 0 atom stereocenters. The van der Waals surface area contributed by atoms with Gasteiger partial charge in [0.05, 0.1) is 4.91 Å². The summed E-state index contributed by atoms with van der Waals surface area (Å²) in [5.41, 5.74) is 1.95. The third-order valence-corrected chi connectivity index (χ3v) is 3.93. The normalized spacial score (nSPS) is 16.9. The molecular formula is C13H12N2O3S2. The summed E-state index contributed by atoms with van der Waals surface area (Å²) >= 11 is 6.09. The van der Waals surface area contributed by atoms with Crippen LogP contribution in [0.3, 0.4) is 0 Å². The molecule has 1 aliphatic heterocycles. The van der Waals surface area contributed by atoms with E-state index in [1.807, 2.05) is 31.2 Å². The standard InChI is InChI=1S/C13H12N2O3S2/c1-8-3-2-4-9(5-8)14-6-10-12(18)15(7-11(16)17)13(19)20-10/h2-6,14H,7H2,1H3,(H,16,17). The Hall–Kier alpha value is -1.86. The van der Waals surface area contributed by atoms with Gasteiger partial charge < -0.3 is 10.4 Å². The second kappa shape index (κ2) is 6.06. The van der Waals surface area contributed by atoms with Crippen LogP contribution < -0.4 is 5.32 Å². The molecule has 0 aliphatic carbocycles. The third kappa shape index (κ3) is 3.37. The summed E-state index contributed by atoms with van der Waals surface area (Å²) in [4.78, 5) is 24.1. The van der Waals surface area contributed by atoms with Crippen molar-refractivity contribution in [3.63, 3.8) is 0 Å².